The van der Waals surface area contributed by atoms with E-state index in [9.17, 15) is 13.2 Å². The maximum Gasteiger partial charge on any atom is 0.289 e. The van der Waals surface area contributed by atoms with Gasteiger partial charge in [-0.25, -0.2) is 13.4 Å². The molecule has 1 aliphatic heterocycles. The minimum Gasteiger partial charge on any atom is -0.435 e. The number of oxazole rings is 1. The van der Waals surface area contributed by atoms with Crippen LogP contribution in [0.3, 0.4) is 0 Å². The molecule has 1 amide bonds. The first-order valence-corrected chi connectivity index (χ1v) is 9.83. The van der Waals surface area contributed by atoms with E-state index in [1.54, 1.807) is 6.92 Å². The second-order valence-electron chi connectivity index (χ2n) is 6.08. The molecule has 7 nitrogen and oxygen atoms in total. The SMILES string of the molecule is CCC[C@H]1CN(S(C)(=O)=O)C[C@@H]1NC(=O)c1oc(CC)nc1C. The molecule has 0 saturated carbocycles. The molecule has 0 unspecified atom stereocenters. The van der Waals surface area contributed by atoms with Crippen LogP contribution in [0.4, 0.5) is 0 Å². The average Bonchev–Trinajstić information content (AvgIpc) is 3.03. The third-order valence-corrected chi connectivity index (χ3v) is 5.44. The lowest BCUT2D eigenvalue weighted by Crippen LogP contribution is -2.41. The van der Waals surface area contributed by atoms with Gasteiger partial charge in [-0.05, 0) is 19.3 Å². The van der Waals surface area contributed by atoms with E-state index in [4.69, 9.17) is 4.42 Å². The number of nitrogens with zero attached hydrogens (tertiary/aromatic N) is 2. The second kappa shape index (κ2) is 7.00. The summed E-state index contributed by atoms with van der Waals surface area (Å²) >= 11 is 0. The number of rotatable bonds is 6. The predicted molar refractivity (Wildman–Crippen MR) is 86.7 cm³/mol. The summed E-state index contributed by atoms with van der Waals surface area (Å²) in [7, 11) is -3.25. The Bertz CT molecular complexity index is 668. The van der Waals surface area contributed by atoms with E-state index >= 15 is 0 Å². The quantitative estimate of drug-likeness (QED) is 0.841. The summed E-state index contributed by atoms with van der Waals surface area (Å²) < 4.78 is 30.4. The van der Waals surface area contributed by atoms with Crippen molar-refractivity contribution in [2.24, 2.45) is 5.92 Å². The molecule has 1 saturated heterocycles. The van der Waals surface area contributed by atoms with Crippen molar-refractivity contribution >= 4 is 15.9 Å². The molecule has 8 heteroatoms. The van der Waals surface area contributed by atoms with Crippen LogP contribution in [0, 0.1) is 12.8 Å². The number of aromatic nitrogens is 1. The monoisotopic (exact) mass is 343 g/mol. The topological polar surface area (TPSA) is 92.5 Å². The fourth-order valence-corrected chi connectivity index (χ4v) is 3.87. The molecule has 23 heavy (non-hydrogen) atoms. The Balaban J connectivity index is 2.12. The van der Waals surface area contributed by atoms with Crippen LogP contribution in [0.25, 0.3) is 0 Å². The van der Waals surface area contributed by atoms with Crippen LogP contribution in [-0.2, 0) is 16.4 Å². The maximum absolute atomic E-state index is 12.4. The lowest BCUT2D eigenvalue weighted by molar-refractivity contribution is 0.0899. The molecule has 1 aromatic rings. The summed E-state index contributed by atoms with van der Waals surface area (Å²) in [6.45, 7) is 6.45. The van der Waals surface area contributed by atoms with E-state index in [1.807, 2.05) is 6.92 Å². The van der Waals surface area contributed by atoms with Crippen molar-refractivity contribution in [2.45, 2.75) is 46.1 Å². The lowest BCUT2D eigenvalue weighted by Gasteiger charge is -2.18. The smallest absolute Gasteiger partial charge is 0.289 e. The molecule has 1 fully saturated rings. The fourth-order valence-electron chi connectivity index (χ4n) is 2.98. The van der Waals surface area contributed by atoms with Crippen LogP contribution in [0.2, 0.25) is 0 Å². The lowest BCUT2D eigenvalue weighted by atomic mass is 9.98. The molecule has 1 aromatic heterocycles. The molecule has 2 rings (SSSR count). The molecule has 0 radical (unpaired) electrons. The van der Waals surface area contributed by atoms with Gasteiger partial charge in [-0.2, -0.15) is 4.31 Å². The largest absolute Gasteiger partial charge is 0.435 e. The summed E-state index contributed by atoms with van der Waals surface area (Å²) in [6.07, 6.45) is 3.63. The van der Waals surface area contributed by atoms with Gasteiger partial charge in [0.1, 0.15) is 0 Å². The zero-order chi connectivity index (χ0) is 17.2. The van der Waals surface area contributed by atoms with Crippen molar-refractivity contribution in [1.29, 1.82) is 0 Å². The number of carbonyl (C=O) groups is 1. The highest BCUT2D eigenvalue weighted by molar-refractivity contribution is 7.88. The van der Waals surface area contributed by atoms with Crippen molar-refractivity contribution in [2.75, 3.05) is 19.3 Å². The first-order valence-electron chi connectivity index (χ1n) is 7.98. The van der Waals surface area contributed by atoms with Crippen molar-refractivity contribution in [3.05, 3.63) is 17.3 Å². The van der Waals surface area contributed by atoms with Gasteiger partial charge in [-0.3, -0.25) is 4.79 Å². The molecule has 0 aliphatic carbocycles. The van der Waals surface area contributed by atoms with Crippen LogP contribution >= 0.6 is 0 Å². The highest BCUT2D eigenvalue weighted by Gasteiger charge is 2.37. The Hall–Kier alpha value is -1.41. The molecular weight excluding hydrogens is 318 g/mol. The summed E-state index contributed by atoms with van der Waals surface area (Å²) in [5.74, 6) is 0.542. The van der Waals surface area contributed by atoms with Crippen LogP contribution in [0.1, 0.15) is 48.8 Å². The minimum atomic E-state index is -3.25. The molecule has 0 aromatic carbocycles. The van der Waals surface area contributed by atoms with Crippen molar-refractivity contribution in [3.63, 3.8) is 0 Å². The predicted octanol–water partition coefficient (Wildman–Crippen LogP) is 1.34. The molecule has 1 N–H and O–H groups in total. The average molecular weight is 343 g/mol. The van der Waals surface area contributed by atoms with Gasteiger partial charge in [0.25, 0.3) is 5.91 Å². The van der Waals surface area contributed by atoms with Gasteiger partial charge < -0.3 is 9.73 Å². The standard InChI is InChI=1S/C15H25N3O4S/c1-5-7-11-8-18(23(4,20)21)9-12(11)17-15(19)14-10(3)16-13(6-2)22-14/h11-12H,5-9H2,1-4H3,(H,17,19)/t11-,12-/m0/s1. The van der Waals surface area contributed by atoms with Crippen molar-refractivity contribution in [1.82, 2.24) is 14.6 Å². The van der Waals surface area contributed by atoms with Crippen LogP contribution in [0.15, 0.2) is 4.42 Å². The van der Waals surface area contributed by atoms with Gasteiger partial charge in [-0.1, -0.05) is 20.3 Å². The van der Waals surface area contributed by atoms with Crippen molar-refractivity contribution < 1.29 is 17.6 Å². The molecule has 1 aliphatic rings. The highest BCUT2D eigenvalue weighted by Crippen LogP contribution is 2.24. The minimum absolute atomic E-state index is 0.118. The maximum atomic E-state index is 12.4. The van der Waals surface area contributed by atoms with Gasteiger partial charge >= 0.3 is 0 Å². The van der Waals surface area contributed by atoms with E-state index in [2.05, 4.69) is 17.2 Å². The van der Waals surface area contributed by atoms with Gasteiger partial charge in [0.2, 0.25) is 15.8 Å². The molecule has 2 atom stereocenters. The van der Waals surface area contributed by atoms with Crippen LogP contribution in [0.5, 0.6) is 0 Å². The first kappa shape index (κ1) is 17.9. The summed E-state index contributed by atoms with van der Waals surface area (Å²) in [5, 5.41) is 2.93. The number of nitrogens with one attached hydrogen (secondary N) is 1. The van der Waals surface area contributed by atoms with Crippen LogP contribution < -0.4 is 5.32 Å². The fraction of sp³-hybridized carbons (Fsp3) is 0.733. The third-order valence-electron chi connectivity index (χ3n) is 4.20. The number of sulfonamides is 1. The van der Waals surface area contributed by atoms with E-state index in [1.165, 1.54) is 10.6 Å². The Labute approximate surface area is 137 Å². The van der Waals surface area contributed by atoms with Gasteiger partial charge in [0, 0.05) is 25.6 Å². The highest BCUT2D eigenvalue weighted by atomic mass is 32.2. The third kappa shape index (κ3) is 4.11. The summed E-state index contributed by atoms with van der Waals surface area (Å²) in [6, 6.07) is -0.202. The van der Waals surface area contributed by atoms with Crippen molar-refractivity contribution in [3.8, 4) is 0 Å². The normalized spacial score (nSPS) is 22.4. The second-order valence-corrected chi connectivity index (χ2v) is 8.07. The number of aryl methyl sites for hydroxylation is 2. The number of hydrogen-bond donors (Lipinski definition) is 1. The van der Waals surface area contributed by atoms with Gasteiger partial charge in [-0.15, -0.1) is 0 Å². The molecule has 2 heterocycles. The zero-order valence-corrected chi connectivity index (χ0v) is 14.9. The van der Waals surface area contributed by atoms with Gasteiger partial charge in [0.05, 0.1) is 11.9 Å². The zero-order valence-electron chi connectivity index (χ0n) is 14.1. The molecular formula is C15H25N3O4S. The number of hydrogen-bond acceptors (Lipinski definition) is 5. The summed E-state index contributed by atoms with van der Waals surface area (Å²) in [4.78, 5) is 16.6. The molecule has 0 bridgehead atoms. The number of carbonyl (C=O) groups excluding carboxylic acids is 1. The van der Waals surface area contributed by atoms with E-state index < -0.39 is 10.0 Å². The first-order chi connectivity index (χ1) is 10.8. The Morgan fingerprint density at radius 3 is 2.61 bits per heavy atom. The molecule has 0 spiro atoms. The van der Waals surface area contributed by atoms with E-state index in [0.717, 1.165) is 12.8 Å². The van der Waals surface area contributed by atoms with E-state index in [-0.39, 0.29) is 23.6 Å². The number of amides is 1. The Morgan fingerprint density at radius 1 is 1.39 bits per heavy atom. The molecule has 130 valence electrons. The summed E-state index contributed by atoms with van der Waals surface area (Å²) in [5.41, 5.74) is 0.560. The Morgan fingerprint density at radius 2 is 2.09 bits per heavy atom. The van der Waals surface area contributed by atoms with E-state index in [0.29, 0.717) is 31.1 Å². The van der Waals surface area contributed by atoms with Crippen LogP contribution in [-0.4, -0.2) is 49.0 Å². The Kier molecular flexibility index (Phi) is 5.46. The van der Waals surface area contributed by atoms with Gasteiger partial charge in [0.15, 0.2) is 5.89 Å².